The molecule has 1 aliphatic heterocycles. The monoisotopic (exact) mass is 577 g/mol. The number of hydrogen-bond acceptors (Lipinski definition) is 3. The number of β-amino-alcohol motifs (C(OH)–C–C–N with tert-alkyl or cyclic N) is 1. The van der Waals surface area contributed by atoms with Crippen LogP contribution in [-0.2, 0) is 4.74 Å². The molecule has 1 heterocycles. The number of rotatable bonds is 10. The van der Waals surface area contributed by atoms with Crippen LogP contribution in [0.25, 0.3) is 0 Å². The molecular formula is C16H16F17NO2. The maximum absolute atomic E-state index is 13.9. The van der Waals surface area contributed by atoms with E-state index in [9.17, 15) is 79.7 Å². The van der Waals surface area contributed by atoms with Crippen LogP contribution >= 0.6 is 0 Å². The Morgan fingerprint density at radius 2 is 1.06 bits per heavy atom. The fraction of sp³-hybridized carbons (Fsp3) is 1.00. The van der Waals surface area contributed by atoms with Crippen molar-refractivity contribution in [1.82, 2.24) is 4.90 Å². The molecule has 0 radical (unpaired) electrons. The van der Waals surface area contributed by atoms with Gasteiger partial charge < -0.3 is 9.84 Å². The van der Waals surface area contributed by atoms with Crippen molar-refractivity contribution in [2.75, 3.05) is 32.8 Å². The van der Waals surface area contributed by atoms with E-state index in [0.29, 0.717) is 0 Å². The molecule has 1 atom stereocenters. The van der Waals surface area contributed by atoms with Crippen molar-refractivity contribution < 1.29 is 84.5 Å². The third-order valence-corrected chi connectivity index (χ3v) is 5.05. The number of morpholine rings is 1. The first-order chi connectivity index (χ1) is 15.7. The van der Waals surface area contributed by atoms with E-state index < -0.39 is 73.1 Å². The van der Waals surface area contributed by atoms with Gasteiger partial charge in [-0.3, -0.25) is 4.90 Å². The van der Waals surface area contributed by atoms with Crippen LogP contribution in [-0.4, -0.2) is 96.6 Å². The highest BCUT2D eigenvalue weighted by Crippen LogP contribution is 2.64. The Kier molecular flexibility index (Phi) is 8.88. The van der Waals surface area contributed by atoms with Crippen molar-refractivity contribution in [3.8, 4) is 0 Å². The van der Waals surface area contributed by atoms with Gasteiger partial charge in [-0.2, -0.15) is 61.5 Å². The molecule has 0 aromatic heterocycles. The van der Waals surface area contributed by atoms with Gasteiger partial charge >= 0.3 is 41.7 Å². The number of halogens is 17. The normalized spacial score (nSPS) is 19.5. The van der Waals surface area contributed by atoms with Crippen molar-refractivity contribution in [3.05, 3.63) is 0 Å². The van der Waals surface area contributed by atoms with Crippen LogP contribution in [0, 0.1) is 0 Å². The first-order valence-corrected chi connectivity index (χ1v) is 9.37. The Balaban J connectivity index is 3.28. The van der Waals surface area contributed by atoms with Crippen LogP contribution in [0.4, 0.5) is 74.6 Å². The van der Waals surface area contributed by atoms with Gasteiger partial charge in [-0.1, -0.05) is 0 Å². The molecule has 1 rings (SSSR count). The summed E-state index contributed by atoms with van der Waals surface area (Å²) in [7, 11) is 0. The second-order valence-electron chi connectivity index (χ2n) is 7.89. The summed E-state index contributed by atoms with van der Waals surface area (Å²) in [5, 5.41) is 9.55. The van der Waals surface area contributed by atoms with Crippen LogP contribution in [0.3, 0.4) is 0 Å². The number of ether oxygens (including phenoxy) is 1. The van der Waals surface area contributed by atoms with Crippen LogP contribution in [0.1, 0.15) is 12.8 Å². The lowest BCUT2D eigenvalue weighted by molar-refractivity contribution is -0.458. The third-order valence-electron chi connectivity index (χ3n) is 5.05. The van der Waals surface area contributed by atoms with Crippen molar-refractivity contribution in [1.29, 1.82) is 0 Å². The molecule has 0 spiro atoms. The standard InChI is InChI=1S/C16H16F17NO2/c17-9(18,5-8(35)6-34-1-3-36-4-2-34)7-10(19,20)12(22,23)14(26,27)13(24,25)11(21,15(28,29)30)16(31,32)33/h8,35H,1-7H2. The topological polar surface area (TPSA) is 32.7 Å². The van der Waals surface area contributed by atoms with Gasteiger partial charge in [0.1, 0.15) is 0 Å². The second kappa shape index (κ2) is 9.77. The molecule has 0 aromatic carbocycles. The SMILES string of the molecule is OC(CN1CCOCC1)CC(F)(F)CC(F)(F)C(F)(F)C(F)(F)C(F)(F)C(F)(C(F)(F)F)C(F)(F)F. The molecule has 20 heteroatoms. The first-order valence-electron chi connectivity index (χ1n) is 9.37. The van der Waals surface area contributed by atoms with Gasteiger partial charge in [0.2, 0.25) is 0 Å². The zero-order valence-corrected chi connectivity index (χ0v) is 17.3. The fourth-order valence-electron chi connectivity index (χ4n) is 3.16. The third kappa shape index (κ3) is 5.73. The van der Waals surface area contributed by atoms with E-state index in [2.05, 4.69) is 0 Å². The summed E-state index contributed by atoms with van der Waals surface area (Å²) in [6.07, 6.45) is -24.5. The number of hydrogen-bond donors (Lipinski definition) is 1. The van der Waals surface area contributed by atoms with Crippen LogP contribution in [0.5, 0.6) is 0 Å². The molecule has 1 unspecified atom stereocenters. The molecule has 1 saturated heterocycles. The minimum atomic E-state index is -8.67. The van der Waals surface area contributed by atoms with Crippen LogP contribution in [0.15, 0.2) is 0 Å². The zero-order valence-electron chi connectivity index (χ0n) is 17.3. The van der Waals surface area contributed by atoms with E-state index in [1.165, 1.54) is 4.90 Å². The van der Waals surface area contributed by atoms with Crippen molar-refractivity contribution in [2.45, 2.75) is 66.6 Å². The fourth-order valence-corrected chi connectivity index (χ4v) is 3.16. The van der Waals surface area contributed by atoms with Gasteiger partial charge in [-0.05, 0) is 0 Å². The Morgan fingerprint density at radius 3 is 1.44 bits per heavy atom. The van der Waals surface area contributed by atoms with Gasteiger partial charge in [0.05, 0.1) is 25.7 Å². The number of nitrogens with zero attached hydrogens (tertiary/aromatic N) is 1. The van der Waals surface area contributed by atoms with E-state index >= 15 is 0 Å². The van der Waals surface area contributed by atoms with Gasteiger partial charge in [0.15, 0.2) is 0 Å². The Bertz CT molecular complexity index is 728. The van der Waals surface area contributed by atoms with E-state index in [1.807, 2.05) is 0 Å². The molecule has 0 aliphatic carbocycles. The minimum absolute atomic E-state index is 0.0154. The van der Waals surface area contributed by atoms with Crippen LogP contribution < -0.4 is 0 Å². The highest BCUT2D eigenvalue weighted by atomic mass is 19.4. The summed E-state index contributed by atoms with van der Waals surface area (Å²) in [6, 6.07) is 0. The lowest BCUT2D eigenvalue weighted by Gasteiger charge is -2.43. The summed E-state index contributed by atoms with van der Waals surface area (Å²) < 4.78 is 230. The number of alkyl halides is 17. The Hall–Kier alpha value is -1.31. The van der Waals surface area contributed by atoms with Gasteiger partial charge in [0, 0.05) is 26.1 Å². The average molecular weight is 577 g/mol. The minimum Gasteiger partial charge on any atom is -0.392 e. The highest BCUT2D eigenvalue weighted by Gasteiger charge is 2.95. The van der Waals surface area contributed by atoms with Crippen molar-refractivity contribution in [3.63, 3.8) is 0 Å². The average Bonchev–Trinajstić information content (AvgIpc) is 2.64. The van der Waals surface area contributed by atoms with E-state index in [4.69, 9.17) is 4.74 Å². The molecule has 0 bridgehead atoms. The van der Waals surface area contributed by atoms with E-state index in [0.717, 1.165) is 0 Å². The summed E-state index contributed by atoms with van der Waals surface area (Å²) in [4.78, 5) is 1.21. The molecule has 0 amide bonds. The highest BCUT2D eigenvalue weighted by molar-refractivity contribution is 5.16. The summed E-state index contributed by atoms with van der Waals surface area (Å²) in [5.74, 6) is -37.7. The molecule has 1 fully saturated rings. The summed E-state index contributed by atoms with van der Waals surface area (Å²) in [6.45, 7) is -0.634. The number of aliphatic hydroxyl groups excluding tert-OH is 1. The second-order valence-corrected chi connectivity index (χ2v) is 7.89. The predicted molar refractivity (Wildman–Crippen MR) is 83.2 cm³/mol. The first kappa shape index (κ1) is 32.7. The van der Waals surface area contributed by atoms with E-state index in [1.54, 1.807) is 0 Å². The smallest absolute Gasteiger partial charge is 0.392 e. The molecule has 1 aliphatic rings. The molecular weight excluding hydrogens is 561 g/mol. The molecule has 3 nitrogen and oxygen atoms in total. The number of aliphatic hydroxyl groups is 1. The van der Waals surface area contributed by atoms with Gasteiger partial charge in [-0.25, -0.2) is 13.2 Å². The predicted octanol–water partition coefficient (Wildman–Crippen LogP) is 5.47. The molecule has 216 valence electrons. The Morgan fingerprint density at radius 1 is 0.639 bits per heavy atom. The van der Waals surface area contributed by atoms with Gasteiger partial charge in [0.25, 0.3) is 5.92 Å². The van der Waals surface area contributed by atoms with Crippen LogP contribution in [0.2, 0.25) is 0 Å². The maximum atomic E-state index is 13.9. The summed E-state index contributed by atoms with van der Waals surface area (Å²) in [5.41, 5.74) is -8.49. The zero-order chi connectivity index (χ0) is 28.8. The molecule has 1 N–H and O–H groups in total. The largest absolute Gasteiger partial charge is 0.438 e. The van der Waals surface area contributed by atoms with E-state index in [-0.39, 0.29) is 26.3 Å². The molecule has 36 heavy (non-hydrogen) atoms. The lowest BCUT2D eigenvalue weighted by atomic mass is 9.84. The summed E-state index contributed by atoms with van der Waals surface area (Å²) >= 11 is 0. The van der Waals surface area contributed by atoms with Crippen molar-refractivity contribution >= 4 is 0 Å². The lowest BCUT2D eigenvalue weighted by Crippen LogP contribution is -2.75. The molecule has 0 aromatic rings. The van der Waals surface area contributed by atoms with Gasteiger partial charge in [-0.15, -0.1) is 0 Å². The molecule has 0 saturated carbocycles. The van der Waals surface area contributed by atoms with Crippen molar-refractivity contribution in [2.24, 2.45) is 0 Å². The maximum Gasteiger partial charge on any atom is 0.438 e. The quantitative estimate of drug-likeness (QED) is 0.350. The Labute approximate surface area is 190 Å².